The highest BCUT2D eigenvalue weighted by Gasteiger charge is 2.08. The fourth-order valence-corrected chi connectivity index (χ4v) is 1.79. The number of thioether (sulfide) groups is 1. The van der Waals surface area contributed by atoms with E-state index in [0.717, 1.165) is 0 Å². The van der Waals surface area contributed by atoms with E-state index in [9.17, 15) is 9.18 Å². The molecule has 1 nitrogen and oxygen atoms in total. The van der Waals surface area contributed by atoms with E-state index in [4.69, 9.17) is 0 Å². The van der Waals surface area contributed by atoms with Crippen LogP contribution in [0.25, 0.3) is 0 Å². The topological polar surface area (TPSA) is 17.1 Å². The Balaban J connectivity index is 2.48. The van der Waals surface area contributed by atoms with E-state index in [1.165, 1.54) is 6.07 Å². The zero-order valence-electron chi connectivity index (χ0n) is 9.00. The highest BCUT2D eigenvalue weighted by Crippen LogP contribution is 2.12. The summed E-state index contributed by atoms with van der Waals surface area (Å²) in [5, 5.41) is 0.439. The van der Waals surface area contributed by atoms with E-state index < -0.39 is 0 Å². The quantitative estimate of drug-likeness (QED) is 0.767. The van der Waals surface area contributed by atoms with Gasteiger partial charge in [0.25, 0.3) is 0 Å². The Morgan fingerprint density at radius 2 is 2.07 bits per heavy atom. The largest absolute Gasteiger partial charge is 0.298 e. The van der Waals surface area contributed by atoms with Gasteiger partial charge in [-0.15, -0.1) is 0 Å². The molecule has 0 saturated heterocycles. The highest BCUT2D eigenvalue weighted by atomic mass is 32.2. The van der Waals surface area contributed by atoms with Gasteiger partial charge >= 0.3 is 0 Å². The Bertz CT molecular complexity index is 336. The zero-order chi connectivity index (χ0) is 11.3. The average Bonchev–Trinajstić information content (AvgIpc) is 2.18. The van der Waals surface area contributed by atoms with Gasteiger partial charge < -0.3 is 0 Å². The molecule has 1 rings (SSSR count). The number of carbonyl (C=O) groups is 1. The number of benzene rings is 1. The van der Waals surface area contributed by atoms with Gasteiger partial charge in [0.1, 0.15) is 11.6 Å². The Hall–Kier alpha value is -0.830. The Labute approximate surface area is 94.1 Å². The molecule has 15 heavy (non-hydrogen) atoms. The van der Waals surface area contributed by atoms with Crippen LogP contribution in [0.3, 0.4) is 0 Å². The molecule has 0 heterocycles. The van der Waals surface area contributed by atoms with Gasteiger partial charge in [-0.25, -0.2) is 4.39 Å². The van der Waals surface area contributed by atoms with Gasteiger partial charge in [-0.1, -0.05) is 32.0 Å². The molecule has 0 atom stereocenters. The number of Topliss-reactive ketones (excluding diaryl/α,β-unsaturated/α-hetero) is 1. The van der Waals surface area contributed by atoms with Crippen LogP contribution in [0.2, 0.25) is 0 Å². The summed E-state index contributed by atoms with van der Waals surface area (Å²) in [4.78, 5) is 11.5. The predicted molar refractivity (Wildman–Crippen MR) is 62.7 cm³/mol. The van der Waals surface area contributed by atoms with Crippen molar-refractivity contribution >= 4 is 17.5 Å². The Morgan fingerprint density at radius 3 is 2.67 bits per heavy atom. The third kappa shape index (κ3) is 4.47. The standard InChI is InChI=1S/C12H15FOS/c1-9(2)15-8-11(14)7-10-5-3-4-6-12(10)13/h3-6,9H,7-8H2,1-2H3. The molecular weight excluding hydrogens is 211 g/mol. The summed E-state index contributed by atoms with van der Waals surface area (Å²) in [7, 11) is 0. The van der Waals surface area contributed by atoms with Crippen molar-refractivity contribution in [3.63, 3.8) is 0 Å². The van der Waals surface area contributed by atoms with Gasteiger partial charge in [-0.05, 0) is 16.9 Å². The second-order valence-corrected chi connectivity index (χ2v) is 5.23. The van der Waals surface area contributed by atoms with Crippen molar-refractivity contribution in [1.82, 2.24) is 0 Å². The fourth-order valence-electron chi connectivity index (χ4n) is 1.16. The first-order chi connectivity index (χ1) is 7.09. The maximum absolute atomic E-state index is 13.2. The third-order valence-corrected chi connectivity index (χ3v) is 3.08. The zero-order valence-corrected chi connectivity index (χ0v) is 9.81. The number of hydrogen-bond acceptors (Lipinski definition) is 2. The molecular formula is C12H15FOS. The van der Waals surface area contributed by atoms with Crippen LogP contribution in [-0.4, -0.2) is 16.8 Å². The van der Waals surface area contributed by atoms with Crippen LogP contribution in [0.1, 0.15) is 19.4 Å². The Morgan fingerprint density at radius 1 is 1.40 bits per heavy atom. The predicted octanol–water partition coefficient (Wildman–Crippen LogP) is 3.08. The van der Waals surface area contributed by atoms with Gasteiger partial charge in [0, 0.05) is 6.42 Å². The highest BCUT2D eigenvalue weighted by molar-refractivity contribution is 8.00. The van der Waals surface area contributed by atoms with E-state index in [1.54, 1.807) is 30.0 Å². The van der Waals surface area contributed by atoms with E-state index in [0.29, 0.717) is 16.6 Å². The summed E-state index contributed by atoms with van der Waals surface area (Å²) in [6.07, 6.45) is 0.201. The lowest BCUT2D eigenvalue weighted by Crippen LogP contribution is -2.08. The van der Waals surface area contributed by atoms with Crippen molar-refractivity contribution in [1.29, 1.82) is 0 Å². The molecule has 0 aliphatic rings. The maximum atomic E-state index is 13.2. The second kappa shape index (κ2) is 5.91. The SMILES string of the molecule is CC(C)SCC(=O)Cc1ccccc1F. The second-order valence-electron chi connectivity index (χ2n) is 3.67. The van der Waals surface area contributed by atoms with Crippen molar-refractivity contribution in [2.24, 2.45) is 0 Å². The smallest absolute Gasteiger partial charge is 0.147 e. The first-order valence-corrected chi connectivity index (χ1v) is 6.01. The number of halogens is 1. The van der Waals surface area contributed by atoms with E-state index >= 15 is 0 Å². The molecule has 0 spiro atoms. The number of rotatable bonds is 5. The molecule has 3 heteroatoms. The number of hydrogen-bond donors (Lipinski definition) is 0. The van der Waals surface area contributed by atoms with Crippen molar-refractivity contribution < 1.29 is 9.18 Å². The van der Waals surface area contributed by atoms with Crippen LogP contribution >= 0.6 is 11.8 Å². The number of ketones is 1. The molecule has 0 bridgehead atoms. The van der Waals surface area contributed by atoms with Gasteiger partial charge in [-0.2, -0.15) is 11.8 Å². The molecule has 0 fully saturated rings. The van der Waals surface area contributed by atoms with E-state index in [2.05, 4.69) is 0 Å². The van der Waals surface area contributed by atoms with Crippen molar-refractivity contribution in [2.45, 2.75) is 25.5 Å². The van der Waals surface area contributed by atoms with Crippen LogP contribution in [0.15, 0.2) is 24.3 Å². The van der Waals surface area contributed by atoms with Crippen molar-refractivity contribution in [2.75, 3.05) is 5.75 Å². The van der Waals surface area contributed by atoms with Crippen molar-refractivity contribution in [3.05, 3.63) is 35.6 Å². The first-order valence-electron chi connectivity index (χ1n) is 4.96. The van der Waals surface area contributed by atoms with E-state index in [1.807, 2.05) is 13.8 Å². The molecule has 82 valence electrons. The van der Waals surface area contributed by atoms with Crippen LogP contribution in [0.4, 0.5) is 4.39 Å². The van der Waals surface area contributed by atoms with E-state index in [-0.39, 0.29) is 18.0 Å². The van der Waals surface area contributed by atoms with Gasteiger partial charge in [-0.3, -0.25) is 4.79 Å². The minimum Gasteiger partial charge on any atom is -0.298 e. The van der Waals surface area contributed by atoms with Crippen LogP contribution in [0, 0.1) is 5.82 Å². The lowest BCUT2D eigenvalue weighted by atomic mass is 10.1. The van der Waals surface area contributed by atoms with Gasteiger partial charge in [0.05, 0.1) is 5.75 Å². The fraction of sp³-hybridized carbons (Fsp3) is 0.417. The molecule has 0 amide bonds. The van der Waals surface area contributed by atoms with Crippen LogP contribution < -0.4 is 0 Å². The average molecular weight is 226 g/mol. The lowest BCUT2D eigenvalue weighted by molar-refractivity contribution is -0.116. The molecule has 1 aromatic carbocycles. The summed E-state index contributed by atoms with van der Waals surface area (Å²) < 4.78 is 13.2. The molecule has 0 radical (unpaired) electrons. The van der Waals surface area contributed by atoms with Crippen LogP contribution in [-0.2, 0) is 11.2 Å². The Kier molecular flexibility index (Phi) is 4.82. The van der Waals surface area contributed by atoms with Gasteiger partial charge in [0.2, 0.25) is 0 Å². The molecule has 0 N–H and O–H groups in total. The normalized spacial score (nSPS) is 10.7. The summed E-state index contributed by atoms with van der Waals surface area (Å²) in [5.41, 5.74) is 0.492. The molecule has 0 saturated carbocycles. The van der Waals surface area contributed by atoms with Crippen LogP contribution in [0.5, 0.6) is 0 Å². The summed E-state index contributed by atoms with van der Waals surface area (Å²) in [6.45, 7) is 4.09. The van der Waals surface area contributed by atoms with Crippen molar-refractivity contribution in [3.8, 4) is 0 Å². The maximum Gasteiger partial charge on any atom is 0.147 e. The first kappa shape index (κ1) is 12.2. The summed E-state index contributed by atoms with van der Waals surface area (Å²) >= 11 is 1.59. The summed E-state index contributed by atoms with van der Waals surface area (Å²) in [6, 6.07) is 6.43. The number of carbonyl (C=O) groups excluding carboxylic acids is 1. The minimum absolute atomic E-state index is 0.0822. The molecule has 0 aliphatic carbocycles. The lowest BCUT2D eigenvalue weighted by Gasteiger charge is -2.04. The third-order valence-electron chi connectivity index (χ3n) is 1.92. The minimum atomic E-state index is -0.291. The monoisotopic (exact) mass is 226 g/mol. The molecule has 1 aromatic rings. The van der Waals surface area contributed by atoms with Gasteiger partial charge in [0.15, 0.2) is 0 Å². The molecule has 0 aromatic heterocycles. The summed E-state index contributed by atoms with van der Waals surface area (Å²) in [5.74, 6) is 0.255. The molecule has 0 aliphatic heterocycles. The molecule has 0 unspecified atom stereocenters.